The van der Waals surface area contributed by atoms with Crippen LogP contribution in [0, 0.1) is 0 Å². The zero-order valence-corrected chi connectivity index (χ0v) is 17.8. The summed E-state index contributed by atoms with van der Waals surface area (Å²) in [5, 5.41) is 0.229. The van der Waals surface area contributed by atoms with E-state index in [0.717, 1.165) is 0 Å². The number of amides is 1. The topological polar surface area (TPSA) is 57.7 Å². The van der Waals surface area contributed by atoms with Gasteiger partial charge in [0.15, 0.2) is 0 Å². The van der Waals surface area contributed by atoms with Crippen molar-refractivity contribution in [3.8, 4) is 0 Å². The molecule has 146 valence electrons. The van der Waals surface area contributed by atoms with Crippen molar-refractivity contribution in [3.05, 3.63) is 59.1 Å². The van der Waals surface area contributed by atoms with E-state index in [1.165, 1.54) is 29.6 Å². The van der Waals surface area contributed by atoms with Gasteiger partial charge in [0.1, 0.15) is 0 Å². The van der Waals surface area contributed by atoms with Gasteiger partial charge in [0.2, 0.25) is 0 Å². The number of sulfonamides is 1. The van der Waals surface area contributed by atoms with E-state index in [2.05, 4.69) is 0 Å². The number of hydrogen-bond donors (Lipinski definition) is 0. The normalized spacial score (nSPS) is 11.7. The standard InChI is InChI=1S/C20H25ClN2O3S/c1-14(2)23(15(3)4)20(24)18-13-17(11-12-19(18)21)27(25,26)22(5)16-9-7-6-8-10-16/h6-15H,1-5H3. The molecule has 0 spiro atoms. The maximum atomic E-state index is 13.0. The Morgan fingerprint density at radius 3 is 2.04 bits per heavy atom. The molecule has 0 aliphatic rings. The van der Waals surface area contributed by atoms with Crippen LogP contribution in [0.15, 0.2) is 53.4 Å². The number of benzene rings is 2. The summed E-state index contributed by atoms with van der Waals surface area (Å²) >= 11 is 6.24. The molecule has 1 amide bonds. The van der Waals surface area contributed by atoms with E-state index in [-0.39, 0.29) is 33.5 Å². The Morgan fingerprint density at radius 2 is 1.52 bits per heavy atom. The predicted octanol–water partition coefficient (Wildman–Crippen LogP) is 4.42. The minimum Gasteiger partial charge on any atom is -0.334 e. The van der Waals surface area contributed by atoms with Crippen LogP contribution in [0.1, 0.15) is 38.1 Å². The molecule has 7 heteroatoms. The molecule has 2 rings (SSSR count). The number of rotatable bonds is 6. The van der Waals surface area contributed by atoms with Gasteiger partial charge in [-0.25, -0.2) is 8.42 Å². The number of halogens is 1. The molecule has 0 aliphatic carbocycles. The Kier molecular flexibility index (Phi) is 6.54. The number of carbonyl (C=O) groups excluding carboxylic acids is 1. The lowest BCUT2D eigenvalue weighted by atomic mass is 10.1. The van der Waals surface area contributed by atoms with Crippen molar-refractivity contribution in [1.82, 2.24) is 4.90 Å². The first kappa shape index (κ1) is 21.3. The highest BCUT2D eigenvalue weighted by Gasteiger charge is 2.27. The summed E-state index contributed by atoms with van der Waals surface area (Å²) in [7, 11) is -2.35. The number of para-hydroxylation sites is 1. The fourth-order valence-corrected chi connectivity index (χ4v) is 4.39. The summed E-state index contributed by atoms with van der Waals surface area (Å²) in [6.45, 7) is 7.65. The molecule has 0 radical (unpaired) electrons. The number of nitrogens with zero attached hydrogens (tertiary/aromatic N) is 2. The van der Waals surface area contributed by atoms with Crippen LogP contribution in [0.3, 0.4) is 0 Å². The molecule has 2 aromatic rings. The summed E-state index contributed by atoms with van der Waals surface area (Å²) in [4.78, 5) is 14.7. The lowest BCUT2D eigenvalue weighted by Gasteiger charge is -2.31. The van der Waals surface area contributed by atoms with Crippen molar-refractivity contribution in [3.63, 3.8) is 0 Å². The monoisotopic (exact) mass is 408 g/mol. The first-order valence-electron chi connectivity index (χ1n) is 8.73. The Hall–Kier alpha value is -2.05. The largest absolute Gasteiger partial charge is 0.334 e. The van der Waals surface area contributed by atoms with E-state index in [0.29, 0.717) is 5.69 Å². The Labute approximate surface area is 166 Å². The van der Waals surface area contributed by atoms with Crippen LogP contribution in [0.25, 0.3) is 0 Å². The van der Waals surface area contributed by atoms with Crippen LogP contribution in [-0.2, 0) is 10.0 Å². The van der Waals surface area contributed by atoms with Gasteiger partial charge in [-0.05, 0) is 58.0 Å². The van der Waals surface area contributed by atoms with E-state index < -0.39 is 10.0 Å². The molecule has 0 aromatic heterocycles. The van der Waals surface area contributed by atoms with Crippen LogP contribution in [-0.4, -0.2) is 38.4 Å². The molecule has 0 saturated heterocycles. The fourth-order valence-electron chi connectivity index (χ4n) is 2.97. The van der Waals surface area contributed by atoms with Crippen molar-refractivity contribution in [2.45, 2.75) is 44.7 Å². The summed E-state index contributed by atoms with van der Waals surface area (Å²) in [5.41, 5.74) is 0.716. The third-order valence-corrected chi connectivity index (χ3v) is 6.40. The molecule has 0 N–H and O–H groups in total. The molecule has 0 unspecified atom stereocenters. The smallest absolute Gasteiger partial charge is 0.264 e. The van der Waals surface area contributed by atoms with Crippen LogP contribution < -0.4 is 4.31 Å². The fraction of sp³-hybridized carbons (Fsp3) is 0.350. The summed E-state index contributed by atoms with van der Waals surface area (Å²) < 4.78 is 27.2. The molecule has 5 nitrogen and oxygen atoms in total. The minimum atomic E-state index is -3.83. The molecule has 0 atom stereocenters. The van der Waals surface area contributed by atoms with Gasteiger partial charge in [-0.15, -0.1) is 0 Å². The number of carbonyl (C=O) groups is 1. The van der Waals surface area contributed by atoms with Gasteiger partial charge in [-0.3, -0.25) is 9.10 Å². The highest BCUT2D eigenvalue weighted by molar-refractivity contribution is 7.92. The Morgan fingerprint density at radius 1 is 0.963 bits per heavy atom. The van der Waals surface area contributed by atoms with E-state index in [1.807, 2.05) is 33.8 Å². The highest BCUT2D eigenvalue weighted by atomic mass is 35.5. The van der Waals surface area contributed by atoms with Crippen LogP contribution in [0.2, 0.25) is 5.02 Å². The third kappa shape index (κ3) is 4.45. The third-order valence-electron chi connectivity index (χ3n) is 4.29. The molecular formula is C20H25ClN2O3S. The molecular weight excluding hydrogens is 384 g/mol. The van der Waals surface area contributed by atoms with Gasteiger partial charge in [0.05, 0.1) is 21.2 Å². The lowest BCUT2D eigenvalue weighted by molar-refractivity contribution is 0.0643. The van der Waals surface area contributed by atoms with E-state index in [1.54, 1.807) is 29.2 Å². The predicted molar refractivity (Wildman–Crippen MR) is 110 cm³/mol. The van der Waals surface area contributed by atoms with Crippen LogP contribution in [0.4, 0.5) is 5.69 Å². The van der Waals surface area contributed by atoms with Crippen molar-refractivity contribution in [1.29, 1.82) is 0 Å². The van der Waals surface area contributed by atoms with E-state index >= 15 is 0 Å². The maximum Gasteiger partial charge on any atom is 0.264 e. The zero-order chi connectivity index (χ0) is 20.4. The average molecular weight is 409 g/mol. The maximum absolute atomic E-state index is 13.0. The molecule has 27 heavy (non-hydrogen) atoms. The van der Waals surface area contributed by atoms with Gasteiger partial charge in [-0.2, -0.15) is 0 Å². The van der Waals surface area contributed by atoms with E-state index in [9.17, 15) is 13.2 Å². The molecule has 0 bridgehead atoms. The second-order valence-electron chi connectivity index (χ2n) is 6.85. The minimum absolute atomic E-state index is 0.0223. The molecule has 2 aromatic carbocycles. The lowest BCUT2D eigenvalue weighted by Crippen LogP contribution is -2.42. The molecule has 0 heterocycles. The quantitative estimate of drug-likeness (QED) is 0.710. The van der Waals surface area contributed by atoms with Gasteiger partial charge in [-0.1, -0.05) is 29.8 Å². The van der Waals surface area contributed by atoms with Crippen LogP contribution >= 0.6 is 11.6 Å². The van der Waals surface area contributed by atoms with Crippen molar-refractivity contribution in [2.24, 2.45) is 0 Å². The van der Waals surface area contributed by atoms with Crippen molar-refractivity contribution < 1.29 is 13.2 Å². The Balaban J connectivity index is 2.49. The first-order chi connectivity index (χ1) is 12.6. The van der Waals surface area contributed by atoms with Gasteiger partial charge >= 0.3 is 0 Å². The van der Waals surface area contributed by atoms with Crippen molar-refractivity contribution in [2.75, 3.05) is 11.4 Å². The average Bonchev–Trinajstić information content (AvgIpc) is 2.61. The summed E-state index contributed by atoms with van der Waals surface area (Å²) in [6, 6.07) is 12.9. The van der Waals surface area contributed by atoms with Crippen molar-refractivity contribution >= 4 is 33.2 Å². The van der Waals surface area contributed by atoms with Gasteiger partial charge < -0.3 is 4.90 Å². The zero-order valence-electron chi connectivity index (χ0n) is 16.2. The summed E-state index contributed by atoms with van der Waals surface area (Å²) in [6.07, 6.45) is 0. The molecule has 0 fully saturated rings. The summed E-state index contributed by atoms with van der Waals surface area (Å²) in [5.74, 6) is -0.288. The van der Waals surface area contributed by atoms with Gasteiger partial charge in [0, 0.05) is 19.1 Å². The number of anilines is 1. The second kappa shape index (κ2) is 8.31. The molecule has 0 saturated carbocycles. The van der Waals surface area contributed by atoms with E-state index in [4.69, 9.17) is 11.6 Å². The molecule has 0 aliphatic heterocycles. The van der Waals surface area contributed by atoms with Gasteiger partial charge in [0.25, 0.3) is 15.9 Å². The Bertz CT molecular complexity index is 904. The SMILES string of the molecule is CC(C)N(C(=O)c1cc(S(=O)(=O)N(C)c2ccccc2)ccc1Cl)C(C)C. The van der Waals surface area contributed by atoms with Crippen LogP contribution in [0.5, 0.6) is 0 Å². The number of hydrogen-bond acceptors (Lipinski definition) is 3. The highest BCUT2D eigenvalue weighted by Crippen LogP contribution is 2.27. The first-order valence-corrected chi connectivity index (χ1v) is 10.6. The second-order valence-corrected chi connectivity index (χ2v) is 9.23.